The van der Waals surface area contributed by atoms with E-state index in [1.165, 1.54) is 0 Å². The largest absolute Gasteiger partial charge is 0.481 e. The van der Waals surface area contributed by atoms with E-state index in [-0.39, 0.29) is 13.0 Å². The van der Waals surface area contributed by atoms with Crippen molar-refractivity contribution in [3.05, 3.63) is 34.3 Å². The molecule has 0 heterocycles. The number of halogens is 1. The maximum Gasteiger partial charge on any atom is 0.320 e. The van der Waals surface area contributed by atoms with Gasteiger partial charge in [0.15, 0.2) is 5.92 Å². The Bertz CT molecular complexity index is 399. The molecule has 1 aromatic carbocycles. The molecule has 0 aliphatic rings. The van der Waals surface area contributed by atoms with Gasteiger partial charge in [-0.15, -0.1) is 0 Å². The van der Waals surface area contributed by atoms with Crippen molar-refractivity contribution in [2.75, 3.05) is 6.61 Å². The molecule has 92 valence electrons. The Morgan fingerprint density at radius 2 is 1.94 bits per heavy atom. The monoisotopic (exact) mass is 300 g/mol. The summed E-state index contributed by atoms with van der Waals surface area (Å²) >= 11 is 3.29. The van der Waals surface area contributed by atoms with E-state index in [9.17, 15) is 9.59 Å². The number of ether oxygens (including phenoxy) is 1. The van der Waals surface area contributed by atoms with E-state index >= 15 is 0 Å². The zero-order valence-electron chi connectivity index (χ0n) is 9.35. The maximum absolute atomic E-state index is 11.4. The highest BCUT2D eigenvalue weighted by Crippen LogP contribution is 2.15. The topological polar surface area (TPSA) is 63.6 Å². The molecule has 17 heavy (non-hydrogen) atoms. The molecule has 0 saturated heterocycles. The molecule has 0 saturated carbocycles. The molecule has 1 aromatic rings. The van der Waals surface area contributed by atoms with E-state index in [4.69, 9.17) is 9.84 Å². The standard InChI is InChI=1S/C12H13BrO4/c1-2-17-12(16)10(11(14)15)7-8-3-5-9(13)6-4-8/h3-6,10H,2,7H2,1H3,(H,14,15). The molecule has 5 heteroatoms. The van der Waals surface area contributed by atoms with Crippen LogP contribution in [0.1, 0.15) is 12.5 Å². The number of rotatable bonds is 5. The summed E-state index contributed by atoms with van der Waals surface area (Å²) in [5.41, 5.74) is 0.786. The third-order valence-electron chi connectivity index (χ3n) is 2.22. The molecular weight excluding hydrogens is 288 g/mol. The Morgan fingerprint density at radius 1 is 1.35 bits per heavy atom. The lowest BCUT2D eigenvalue weighted by Crippen LogP contribution is -2.27. The van der Waals surface area contributed by atoms with Crippen molar-refractivity contribution in [1.29, 1.82) is 0 Å². The fourth-order valence-corrected chi connectivity index (χ4v) is 1.63. The molecule has 1 atom stereocenters. The summed E-state index contributed by atoms with van der Waals surface area (Å²) in [7, 11) is 0. The summed E-state index contributed by atoms with van der Waals surface area (Å²) < 4.78 is 5.64. The van der Waals surface area contributed by atoms with Gasteiger partial charge in [-0.3, -0.25) is 9.59 Å². The average Bonchev–Trinajstić information content (AvgIpc) is 2.28. The van der Waals surface area contributed by atoms with E-state index in [0.717, 1.165) is 10.0 Å². The molecule has 0 aliphatic carbocycles. The van der Waals surface area contributed by atoms with Crippen LogP contribution < -0.4 is 0 Å². The first-order valence-corrected chi connectivity index (χ1v) is 5.97. The Hall–Kier alpha value is -1.36. The molecule has 0 radical (unpaired) electrons. The molecule has 0 fully saturated rings. The molecule has 1 rings (SSSR count). The van der Waals surface area contributed by atoms with Crippen molar-refractivity contribution >= 4 is 27.9 Å². The lowest BCUT2D eigenvalue weighted by molar-refractivity contribution is -0.158. The van der Waals surface area contributed by atoms with Crippen LogP contribution in [0, 0.1) is 5.92 Å². The van der Waals surface area contributed by atoms with Crippen molar-refractivity contribution < 1.29 is 19.4 Å². The van der Waals surface area contributed by atoms with E-state index < -0.39 is 17.9 Å². The molecule has 0 amide bonds. The molecular formula is C12H13BrO4. The van der Waals surface area contributed by atoms with Gasteiger partial charge in [-0.2, -0.15) is 0 Å². The highest BCUT2D eigenvalue weighted by Gasteiger charge is 2.27. The van der Waals surface area contributed by atoms with Crippen molar-refractivity contribution in [1.82, 2.24) is 0 Å². The first-order valence-electron chi connectivity index (χ1n) is 5.18. The van der Waals surface area contributed by atoms with Crippen molar-refractivity contribution in [2.24, 2.45) is 5.92 Å². The number of benzene rings is 1. The number of aliphatic carboxylic acids is 1. The van der Waals surface area contributed by atoms with Crippen molar-refractivity contribution in [3.63, 3.8) is 0 Å². The number of esters is 1. The van der Waals surface area contributed by atoms with Crippen molar-refractivity contribution in [3.8, 4) is 0 Å². The highest BCUT2D eigenvalue weighted by molar-refractivity contribution is 9.10. The van der Waals surface area contributed by atoms with Crippen molar-refractivity contribution in [2.45, 2.75) is 13.3 Å². The van der Waals surface area contributed by atoms with E-state index in [2.05, 4.69) is 15.9 Å². The van der Waals surface area contributed by atoms with Gasteiger partial charge < -0.3 is 9.84 Å². The Kier molecular flexibility index (Phi) is 5.15. The Morgan fingerprint density at radius 3 is 2.41 bits per heavy atom. The second kappa shape index (κ2) is 6.39. The summed E-state index contributed by atoms with van der Waals surface area (Å²) in [6.07, 6.45) is 0.140. The number of hydrogen-bond donors (Lipinski definition) is 1. The molecule has 0 spiro atoms. The highest BCUT2D eigenvalue weighted by atomic mass is 79.9. The van der Waals surface area contributed by atoms with Crippen LogP contribution in [-0.2, 0) is 20.7 Å². The van der Waals surface area contributed by atoms with Crippen LogP contribution in [0.25, 0.3) is 0 Å². The second-order valence-electron chi connectivity index (χ2n) is 3.47. The van der Waals surface area contributed by atoms with Crippen LogP contribution >= 0.6 is 15.9 Å². The van der Waals surface area contributed by atoms with Gasteiger partial charge in [-0.1, -0.05) is 28.1 Å². The minimum absolute atomic E-state index is 0.140. The third kappa shape index (κ3) is 4.19. The van der Waals surface area contributed by atoms with E-state index in [1.54, 1.807) is 31.2 Å². The fraction of sp³-hybridized carbons (Fsp3) is 0.333. The second-order valence-corrected chi connectivity index (χ2v) is 4.39. The van der Waals surface area contributed by atoms with Crippen LogP contribution in [-0.4, -0.2) is 23.7 Å². The van der Waals surface area contributed by atoms with Crippen LogP contribution in [0.4, 0.5) is 0 Å². The predicted octanol–water partition coefficient (Wildman–Crippen LogP) is 2.26. The maximum atomic E-state index is 11.4. The fourth-order valence-electron chi connectivity index (χ4n) is 1.37. The molecule has 1 N–H and O–H groups in total. The van der Waals surface area contributed by atoms with Crippen LogP contribution in [0.3, 0.4) is 0 Å². The van der Waals surface area contributed by atoms with Gasteiger partial charge in [0.25, 0.3) is 0 Å². The smallest absolute Gasteiger partial charge is 0.320 e. The normalized spacial score (nSPS) is 11.9. The van der Waals surface area contributed by atoms with Crippen LogP contribution in [0.5, 0.6) is 0 Å². The first-order chi connectivity index (χ1) is 8.04. The summed E-state index contributed by atoms with van der Waals surface area (Å²) in [5.74, 6) is -2.99. The minimum Gasteiger partial charge on any atom is -0.481 e. The van der Waals surface area contributed by atoms with Gasteiger partial charge in [0, 0.05) is 4.47 Å². The minimum atomic E-state index is -1.16. The van der Waals surface area contributed by atoms with Gasteiger partial charge in [0.05, 0.1) is 6.61 Å². The van der Waals surface area contributed by atoms with E-state index in [0.29, 0.717) is 0 Å². The zero-order chi connectivity index (χ0) is 12.8. The number of carboxylic acids is 1. The van der Waals surface area contributed by atoms with Gasteiger partial charge in [0.1, 0.15) is 0 Å². The number of carbonyl (C=O) groups excluding carboxylic acids is 1. The van der Waals surface area contributed by atoms with Gasteiger partial charge in [-0.05, 0) is 31.0 Å². The number of carbonyl (C=O) groups is 2. The molecule has 0 bridgehead atoms. The third-order valence-corrected chi connectivity index (χ3v) is 2.75. The average molecular weight is 301 g/mol. The summed E-state index contributed by atoms with van der Waals surface area (Å²) in [6.45, 7) is 1.83. The molecule has 4 nitrogen and oxygen atoms in total. The molecule has 0 aromatic heterocycles. The zero-order valence-corrected chi connectivity index (χ0v) is 10.9. The van der Waals surface area contributed by atoms with Crippen LogP contribution in [0.15, 0.2) is 28.7 Å². The van der Waals surface area contributed by atoms with E-state index in [1.807, 2.05) is 0 Å². The quantitative estimate of drug-likeness (QED) is 0.669. The molecule has 1 unspecified atom stereocenters. The van der Waals surface area contributed by atoms with Crippen LogP contribution in [0.2, 0.25) is 0 Å². The summed E-state index contributed by atoms with van der Waals surface area (Å²) in [5, 5.41) is 8.98. The van der Waals surface area contributed by atoms with Gasteiger partial charge in [0.2, 0.25) is 0 Å². The lowest BCUT2D eigenvalue weighted by atomic mass is 10.00. The lowest BCUT2D eigenvalue weighted by Gasteiger charge is -2.11. The first kappa shape index (κ1) is 13.7. The summed E-state index contributed by atoms with van der Waals surface area (Å²) in [6, 6.07) is 7.16. The number of carboxylic acid groups (broad SMARTS) is 1. The number of hydrogen-bond acceptors (Lipinski definition) is 3. The van der Waals surface area contributed by atoms with Gasteiger partial charge in [-0.25, -0.2) is 0 Å². The summed E-state index contributed by atoms with van der Waals surface area (Å²) in [4.78, 5) is 22.4. The Labute approximate surface area is 108 Å². The van der Waals surface area contributed by atoms with Gasteiger partial charge >= 0.3 is 11.9 Å². The molecule has 0 aliphatic heterocycles. The SMILES string of the molecule is CCOC(=O)C(Cc1ccc(Br)cc1)C(=O)O. The predicted molar refractivity (Wildman–Crippen MR) is 65.6 cm³/mol. The Balaban J connectivity index is 2.76.